The zero-order chi connectivity index (χ0) is 19.6. The Morgan fingerprint density at radius 2 is 1.85 bits per heavy atom. The summed E-state index contributed by atoms with van der Waals surface area (Å²) in [5.41, 5.74) is 1.74. The van der Waals surface area contributed by atoms with Gasteiger partial charge in [-0.1, -0.05) is 6.92 Å². The monoisotopic (exact) mass is 377 g/mol. The SMILES string of the molecule is CCCC(=O)OCC(=O)N(C)CC(=O)Nc1ccc(N2CCOCC2)cc1. The van der Waals surface area contributed by atoms with Crippen LogP contribution in [0.3, 0.4) is 0 Å². The standard InChI is InChI=1S/C19H27N3O5/c1-3-4-19(25)27-14-18(24)21(2)13-17(23)20-15-5-7-16(8-6-15)22-9-11-26-12-10-22/h5-8H,3-4,9-14H2,1-2H3,(H,20,23). The van der Waals surface area contributed by atoms with Crippen LogP contribution in [-0.4, -0.2) is 69.2 Å². The number of benzene rings is 1. The smallest absolute Gasteiger partial charge is 0.306 e. The first-order chi connectivity index (χ1) is 13.0. The lowest BCUT2D eigenvalue weighted by Crippen LogP contribution is -2.37. The number of morpholine rings is 1. The Balaban J connectivity index is 1.77. The molecule has 0 aromatic heterocycles. The molecule has 8 heteroatoms. The van der Waals surface area contributed by atoms with Gasteiger partial charge in [-0.05, 0) is 30.7 Å². The molecule has 2 rings (SSSR count). The molecule has 1 aromatic rings. The molecular weight excluding hydrogens is 350 g/mol. The fourth-order valence-electron chi connectivity index (χ4n) is 2.61. The lowest BCUT2D eigenvalue weighted by atomic mass is 10.2. The van der Waals surface area contributed by atoms with Gasteiger partial charge in [-0.15, -0.1) is 0 Å². The van der Waals surface area contributed by atoms with E-state index in [1.54, 1.807) is 0 Å². The van der Waals surface area contributed by atoms with Gasteiger partial charge in [0, 0.05) is 37.9 Å². The van der Waals surface area contributed by atoms with Crippen molar-refractivity contribution in [2.75, 3.05) is 56.7 Å². The number of esters is 1. The van der Waals surface area contributed by atoms with Crippen molar-refractivity contribution in [1.29, 1.82) is 0 Å². The number of ether oxygens (including phenoxy) is 2. The van der Waals surface area contributed by atoms with Gasteiger partial charge < -0.3 is 24.6 Å². The highest BCUT2D eigenvalue weighted by Crippen LogP contribution is 2.19. The number of carbonyl (C=O) groups excluding carboxylic acids is 3. The van der Waals surface area contributed by atoms with Gasteiger partial charge in [-0.25, -0.2) is 0 Å². The molecule has 1 aliphatic heterocycles. The summed E-state index contributed by atoms with van der Waals surface area (Å²) in [7, 11) is 1.50. The Morgan fingerprint density at radius 1 is 1.19 bits per heavy atom. The molecule has 0 saturated carbocycles. The molecule has 148 valence electrons. The van der Waals surface area contributed by atoms with Crippen molar-refractivity contribution >= 4 is 29.2 Å². The molecule has 1 N–H and O–H groups in total. The second-order valence-electron chi connectivity index (χ2n) is 6.35. The normalized spacial score (nSPS) is 13.8. The first-order valence-corrected chi connectivity index (χ1v) is 9.11. The molecular formula is C19H27N3O5. The summed E-state index contributed by atoms with van der Waals surface area (Å²) >= 11 is 0. The minimum atomic E-state index is -0.419. The fraction of sp³-hybridized carbons (Fsp3) is 0.526. The van der Waals surface area contributed by atoms with Crippen LogP contribution in [0.1, 0.15) is 19.8 Å². The fourth-order valence-corrected chi connectivity index (χ4v) is 2.61. The van der Waals surface area contributed by atoms with Crippen molar-refractivity contribution in [3.05, 3.63) is 24.3 Å². The van der Waals surface area contributed by atoms with Gasteiger partial charge in [0.1, 0.15) is 0 Å². The third-order valence-corrected chi connectivity index (χ3v) is 4.14. The molecule has 1 aliphatic rings. The largest absolute Gasteiger partial charge is 0.456 e. The van der Waals surface area contributed by atoms with E-state index in [0.29, 0.717) is 25.3 Å². The minimum absolute atomic E-state index is 0.116. The summed E-state index contributed by atoms with van der Waals surface area (Å²) < 4.78 is 10.2. The van der Waals surface area contributed by atoms with Crippen molar-refractivity contribution in [3.8, 4) is 0 Å². The molecule has 2 amide bonds. The number of anilines is 2. The Bertz CT molecular complexity index is 641. The second kappa shape index (κ2) is 10.5. The van der Waals surface area contributed by atoms with E-state index in [4.69, 9.17) is 9.47 Å². The van der Waals surface area contributed by atoms with Crippen LogP contribution < -0.4 is 10.2 Å². The number of hydrogen-bond donors (Lipinski definition) is 1. The Morgan fingerprint density at radius 3 is 2.48 bits per heavy atom. The summed E-state index contributed by atoms with van der Waals surface area (Å²) in [4.78, 5) is 38.8. The van der Waals surface area contributed by atoms with E-state index in [2.05, 4.69) is 10.2 Å². The van der Waals surface area contributed by atoms with Crippen molar-refractivity contribution in [2.45, 2.75) is 19.8 Å². The summed E-state index contributed by atoms with van der Waals surface area (Å²) in [6, 6.07) is 7.56. The summed E-state index contributed by atoms with van der Waals surface area (Å²) in [6.07, 6.45) is 0.938. The van der Waals surface area contributed by atoms with E-state index in [0.717, 1.165) is 18.8 Å². The molecule has 1 saturated heterocycles. The van der Waals surface area contributed by atoms with Crippen LogP contribution >= 0.6 is 0 Å². The van der Waals surface area contributed by atoms with Gasteiger partial charge in [0.25, 0.3) is 5.91 Å². The molecule has 1 fully saturated rings. The van der Waals surface area contributed by atoms with Crippen LogP contribution in [-0.2, 0) is 23.9 Å². The Kier molecular flexibility index (Phi) is 8.06. The number of carbonyl (C=O) groups is 3. The molecule has 0 spiro atoms. The van der Waals surface area contributed by atoms with Crippen molar-refractivity contribution in [3.63, 3.8) is 0 Å². The van der Waals surface area contributed by atoms with Gasteiger partial charge in [-0.3, -0.25) is 14.4 Å². The first kappa shape index (κ1) is 20.7. The van der Waals surface area contributed by atoms with E-state index in [-0.39, 0.29) is 25.5 Å². The average Bonchev–Trinajstić information content (AvgIpc) is 2.67. The van der Waals surface area contributed by atoms with E-state index < -0.39 is 11.9 Å². The number of hydrogen-bond acceptors (Lipinski definition) is 6. The predicted octanol–water partition coefficient (Wildman–Crippen LogP) is 1.26. The molecule has 27 heavy (non-hydrogen) atoms. The highest BCUT2D eigenvalue weighted by atomic mass is 16.5. The van der Waals surface area contributed by atoms with Gasteiger partial charge in [0.05, 0.1) is 19.8 Å². The van der Waals surface area contributed by atoms with Crippen molar-refractivity contribution in [1.82, 2.24) is 4.90 Å². The number of nitrogens with one attached hydrogen (secondary N) is 1. The maximum Gasteiger partial charge on any atom is 0.306 e. The number of rotatable bonds is 8. The topological polar surface area (TPSA) is 88.2 Å². The van der Waals surface area contributed by atoms with Crippen LogP contribution in [0.15, 0.2) is 24.3 Å². The van der Waals surface area contributed by atoms with E-state index in [1.807, 2.05) is 31.2 Å². The molecule has 1 heterocycles. The molecule has 0 bridgehead atoms. The zero-order valence-electron chi connectivity index (χ0n) is 15.9. The molecule has 8 nitrogen and oxygen atoms in total. The maximum absolute atomic E-state index is 12.1. The molecule has 0 unspecified atom stereocenters. The highest BCUT2D eigenvalue weighted by molar-refractivity contribution is 5.94. The number of nitrogens with zero attached hydrogens (tertiary/aromatic N) is 2. The van der Waals surface area contributed by atoms with Gasteiger partial charge in [-0.2, -0.15) is 0 Å². The van der Waals surface area contributed by atoms with E-state index >= 15 is 0 Å². The summed E-state index contributed by atoms with van der Waals surface area (Å²) in [5.74, 6) is -1.15. The van der Waals surface area contributed by atoms with Gasteiger partial charge in [0.2, 0.25) is 5.91 Å². The second-order valence-corrected chi connectivity index (χ2v) is 6.35. The minimum Gasteiger partial charge on any atom is -0.456 e. The van der Waals surface area contributed by atoms with Crippen molar-refractivity contribution < 1.29 is 23.9 Å². The third kappa shape index (κ3) is 6.90. The number of amides is 2. The van der Waals surface area contributed by atoms with Crippen LogP contribution in [0.2, 0.25) is 0 Å². The van der Waals surface area contributed by atoms with Gasteiger partial charge >= 0.3 is 5.97 Å². The van der Waals surface area contributed by atoms with Crippen LogP contribution in [0, 0.1) is 0 Å². The molecule has 1 aromatic carbocycles. The van der Waals surface area contributed by atoms with E-state index in [9.17, 15) is 14.4 Å². The predicted molar refractivity (Wildman–Crippen MR) is 102 cm³/mol. The lowest BCUT2D eigenvalue weighted by molar-refractivity contribution is -0.151. The van der Waals surface area contributed by atoms with Crippen LogP contribution in [0.25, 0.3) is 0 Å². The molecule has 0 radical (unpaired) electrons. The highest BCUT2D eigenvalue weighted by Gasteiger charge is 2.15. The lowest BCUT2D eigenvalue weighted by Gasteiger charge is -2.28. The first-order valence-electron chi connectivity index (χ1n) is 9.11. The number of likely N-dealkylation sites (N-methyl/N-ethyl adjacent to an activating group) is 1. The van der Waals surface area contributed by atoms with Crippen LogP contribution in [0.5, 0.6) is 0 Å². The van der Waals surface area contributed by atoms with E-state index in [1.165, 1.54) is 11.9 Å². The molecule has 0 aliphatic carbocycles. The Hall–Kier alpha value is -2.61. The van der Waals surface area contributed by atoms with Gasteiger partial charge in [0.15, 0.2) is 6.61 Å². The maximum atomic E-state index is 12.1. The zero-order valence-corrected chi connectivity index (χ0v) is 15.9. The summed E-state index contributed by atoms with van der Waals surface area (Å²) in [5, 5.41) is 2.76. The average molecular weight is 377 g/mol. The summed E-state index contributed by atoms with van der Waals surface area (Å²) in [6.45, 7) is 4.52. The van der Waals surface area contributed by atoms with Crippen molar-refractivity contribution in [2.24, 2.45) is 0 Å². The molecule has 0 atom stereocenters. The van der Waals surface area contributed by atoms with Crippen LogP contribution in [0.4, 0.5) is 11.4 Å². The quantitative estimate of drug-likeness (QED) is 0.687. The Labute approximate surface area is 159 Å². The third-order valence-electron chi connectivity index (χ3n) is 4.14.